The van der Waals surface area contributed by atoms with Gasteiger partial charge in [0, 0.05) is 26.6 Å². The molecule has 8 nitrogen and oxygen atoms in total. The van der Waals surface area contributed by atoms with Crippen LogP contribution in [-0.2, 0) is 27.8 Å². The first-order chi connectivity index (χ1) is 16.3. The molecule has 4 rings (SSSR count). The molecule has 1 fully saturated rings. The van der Waals surface area contributed by atoms with Gasteiger partial charge in [-0.05, 0) is 49.1 Å². The van der Waals surface area contributed by atoms with Crippen LogP contribution in [-0.4, -0.2) is 53.6 Å². The van der Waals surface area contributed by atoms with Crippen molar-refractivity contribution in [2.75, 3.05) is 20.1 Å². The lowest BCUT2D eigenvalue weighted by atomic mass is 10.1. The largest absolute Gasteiger partial charge is 0.338 e. The zero-order valence-electron chi connectivity index (χ0n) is 19.4. The number of carbonyl (C=O) groups is 1. The summed E-state index contributed by atoms with van der Waals surface area (Å²) in [4.78, 5) is 33.9. The first-order valence-corrected chi connectivity index (χ1v) is 13.1. The Kier molecular flexibility index (Phi) is 7.43. The van der Waals surface area contributed by atoms with Crippen LogP contribution in [0, 0.1) is 0 Å². The third kappa shape index (κ3) is 5.53. The van der Waals surface area contributed by atoms with Gasteiger partial charge in [-0.2, -0.15) is 4.31 Å². The lowest BCUT2D eigenvalue weighted by Gasteiger charge is -2.20. The Morgan fingerprint density at radius 2 is 1.71 bits per heavy atom. The average Bonchev–Trinajstić information content (AvgIpc) is 3.13. The molecule has 0 bridgehead atoms. The molecule has 0 spiro atoms. The Bertz CT molecular complexity index is 1310. The van der Waals surface area contributed by atoms with Gasteiger partial charge in [0.2, 0.25) is 15.9 Å². The molecular formula is C25H30N4O4S. The minimum absolute atomic E-state index is 0.0860. The summed E-state index contributed by atoms with van der Waals surface area (Å²) >= 11 is 0. The minimum atomic E-state index is -3.48. The number of aromatic amines is 1. The smallest absolute Gasteiger partial charge is 0.258 e. The Balaban J connectivity index is 1.35. The molecule has 3 aromatic rings. The topological polar surface area (TPSA) is 103 Å². The maximum absolute atomic E-state index is 12.9. The molecule has 0 radical (unpaired) electrons. The number of para-hydroxylation sites is 1. The predicted molar refractivity (Wildman–Crippen MR) is 131 cm³/mol. The number of hydrogen-bond acceptors (Lipinski definition) is 5. The van der Waals surface area contributed by atoms with E-state index >= 15 is 0 Å². The van der Waals surface area contributed by atoms with E-state index in [1.807, 2.05) is 6.07 Å². The van der Waals surface area contributed by atoms with Crippen molar-refractivity contribution in [1.29, 1.82) is 0 Å². The Hall–Kier alpha value is -3.04. The number of sulfonamides is 1. The highest BCUT2D eigenvalue weighted by Gasteiger charge is 2.25. The van der Waals surface area contributed by atoms with Gasteiger partial charge in [0.05, 0.1) is 22.3 Å². The zero-order chi connectivity index (χ0) is 24.1. The Morgan fingerprint density at radius 1 is 1.03 bits per heavy atom. The quantitative estimate of drug-likeness (QED) is 0.557. The van der Waals surface area contributed by atoms with E-state index in [4.69, 9.17) is 0 Å². The van der Waals surface area contributed by atoms with E-state index in [1.54, 1.807) is 53.8 Å². The van der Waals surface area contributed by atoms with Crippen molar-refractivity contribution >= 4 is 26.8 Å². The summed E-state index contributed by atoms with van der Waals surface area (Å²) in [5.74, 6) is 0.347. The zero-order valence-corrected chi connectivity index (χ0v) is 20.2. The van der Waals surface area contributed by atoms with Gasteiger partial charge in [0.1, 0.15) is 5.82 Å². The summed E-state index contributed by atoms with van der Waals surface area (Å²) in [6, 6.07) is 13.9. The number of carbonyl (C=O) groups excluding carboxylic acids is 1. The molecular weight excluding hydrogens is 452 g/mol. The van der Waals surface area contributed by atoms with Gasteiger partial charge in [-0.25, -0.2) is 13.4 Å². The second kappa shape index (κ2) is 10.5. The molecule has 0 aliphatic carbocycles. The molecule has 0 unspecified atom stereocenters. The maximum Gasteiger partial charge on any atom is 0.258 e. The molecule has 1 aromatic heterocycles. The molecule has 2 heterocycles. The monoisotopic (exact) mass is 482 g/mol. The van der Waals surface area contributed by atoms with Gasteiger partial charge < -0.3 is 9.88 Å². The number of H-pyrrole nitrogens is 1. The van der Waals surface area contributed by atoms with Crippen molar-refractivity contribution in [3.63, 3.8) is 0 Å². The normalized spacial score (nSPS) is 15.2. The molecule has 1 amide bonds. The van der Waals surface area contributed by atoms with Crippen LogP contribution in [0.2, 0.25) is 0 Å². The van der Waals surface area contributed by atoms with E-state index in [-0.39, 0.29) is 24.4 Å². The second-order valence-corrected chi connectivity index (χ2v) is 10.7. The third-order valence-corrected chi connectivity index (χ3v) is 8.14. The van der Waals surface area contributed by atoms with E-state index in [2.05, 4.69) is 9.97 Å². The second-order valence-electron chi connectivity index (χ2n) is 8.74. The van der Waals surface area contributed by atoms with Gasteiger partial charge in [0.15, 0.2) is 0 Å². The minimum Gasteiger partial charge on any atom is -0.338 e. The molecule has 1 aliphatic rings. The summed E-state index contributed by atoms with van der Waals surface area (Å²) < 4.78 is 27.4. The molecule has 180 valence electrons. The van der Waals surface area contributed by atoms with Gasteiger partial charge in [-0.15, -0.1) is 0 Å². The highest BCUT2D eigenvalue weighted by atomic mass is 32.2. The average molecular weight is 483 g/mol. The van der Waals surface area contributed by atoms with E-state index in [9.17, 15) is 18.0 Å². The first-order valence-electron chi connectivity index (χ1n) is 11.7. The maximum atomic E-state index is 12.9. The van der Waals surface area contributed by atoms with E-state index in [0.717, 1.165) is 31.2 Å². The van der Waals surface area contributed by atoms with Crippen LogP contribution in [0.25, 0.3) is 10.9 Å². The highest BCUT2D eigenvalue weighted by molar-refractivity contribution is 7.89. The number of amides is 1. The fourth-order valence-electron chi connectivity index (χ4n) is 4.22. The fourth-order valence-corrected chi connectivity index (χ4v) is 5.74. The highest BCUT2D eigenvalue weighted by Crippen LogP contribution is 2.21. The van der Waals surface area contributed by atoms with Crippen molar-refractivity contribution in [3.8, 4) is 0 Å². The SMILES string of the molecule is CN(Cc1nc2ccccc2c(=O)[nH]1)C(=O)CCc1ccc(S(=O)(=O)N2CCCCCC2)cc1. The molecule has 1 saturated heterocycles. The van der Waals surface area contributed by atoms with E-state index in [1.165, 1.54) is 4.90 Å². The number of hydrogen-bond donors (Lipinski definition) is 1. The molecule has 0 saturated carbocycles. The summed E-state index contributed by atoms with van der Waals surface area (Å²) in [5.41, 5.74) is 1.27. The van der Waals surface area contributed by atoms with Gasteiger partial charge in [0.25, 0.3) is 5.56 Å². The Morgan fingerprint density at radius 3 is 2.41 bits per heavy atom. The van der Waals surface area contributed by atoms with Crippen LogP contribution in [0.1, 0.15) is 43.5 Å². The van der Waals surface area contributed by atoms with E-state index < -0.39 is 10.0 Å². The van der Waals surface area contributed by atoms with Crippen LogP contribution in [0.15, 0.2) is 58.2 Å². The number of fused-ring (bicyclic) bond motifs is 1. The van der Waals surface area contributed by atoms with Crippen LogP contribution < -0.4 is 5.56 Å². The molecule has 34 heavy (non-hydrogen) atoms. The number of rotatable bonds is 7. The summed E-state index contributed by atoms with van der Waals surface area (Å²) in [6.45, 7) is 1.34. The van der Waals surface area contributed by atoms with E-state index in [0.29, 0.717) is 41.1 Å². The van der Waals surface area contributed by atoms with Crippen molar-refractivity contribution in [1.82, 2.24) is 19.2 Å². The van der Waals surface area contributed by atoms with Crippen LogP contribution in [0.3, 0.4) is 0 Å². The van der Waals surface area contributed by atoms with Crippen molar-refractivity contribution in [2.24, 2.45) is 0 Å². The number of aryl methyl sites for hydroxylation is 1. The first kappa shape index (κ1) is 24.1. The number of nitrogens with one attached hydrogen (secondary N) is 1. The lowest BCUT2D eigenvalue weighted by molar-refractivity contribution is -0.130. The molecule has 1 aliphatic heterocycles. The van der Waals surface area contributed by atoms with Gasteiger partial charge >= 0.3 is 0 Å². The molecule has 1 N–H and O–H groups in total. The van der Waals surface area contributed by atoms with Crippen LogP contribution >= 0.6 is 0 Å². The summed E-state index contributed by atoms with van der Waals surface area (Å²) in [7, 11) is -1.80. The van der Waals surface area contributed by atoms with Crippen LogP contribution in [0.4, 0.5) is 0 Å². The van der Waals surface area contributed by atoms with Gasteiger partial charge in [-0.3, -0.25) is 9.59 Å². The summed E-state index contributed by atoms with van der Waals surface area (Å²) in [5, 5.41) is 0.515. The fraction of sp³-hybridized carbons (Fsp3) is 0.400. The van der Waals surface area contributed by atoms with Crippen molar-refractivity contribution in [3.05, 3.63) is 70.3 Å². The predicted octanol–water partition coefficient (Wildman–Crippen LogP) is 3.08. The lowest BCUT2D eigenvalue weighted by Crippen LogP contribution is -2.31. The third-order valence-electron chi connectivity index (χ3n) is 6.23. The number of benzene rings is 2. The van der Waals surface area contributed by atoms with Crippen LogP contribution in [0.5, 0.6) is 0 Å². The molecule has 0 atom stereocenters. The molecule has 9 heteroatoms. The standard InChI is InChI=1S/C25H30N4O4S/c1-28(18-23-26-22-9-5-4-8-21(22)25(31)27-23)24(30)15-12-19-10-13-20(14-11-19)34(32,33)29-16-6-2-3-7-17-29/h4-5,8-11,13-14H,2-3,6-7,12,15-18H2,1H3,(H,26,27,31). The molecule has 2 aromatic carbocycles. The Labute approximate surface area is 199 Å². The van der Waals surface area contributed by atoms with Gasteiger partial charge in [-0.1, -0.05) is 37.1 Å². The number of aromatic nitrogens is 2. The summed E-state index contributed by atoms with van der Waals surface area (Å²) in [6.07, 6.45) is 4.70. The number of nitrogens with zero attached hydrogens (tertiary/aromatic N) is 3. The van der Waals surface area contributed by atoms with Crippen molar-refractivity contribution < 1.29 is 13.2 Å². The van der Waals surface area contributed by atoms with Crippen molar-refractivity contribution in [2.45, 2.75) is 50.0 Å².